The minimum absolute atomic E-state index is 0.0269. The molecule has 298 valence electrons. The maximum Gasteiger partial charge on any atom is 0.414 e. The topological polar surface area (TPSA) is 117 Å². The predicted octanol–water partition coefficient (Wildman–Crippen LogP) is 9.41. The molecule has 6 aromatic rings. The van der Waals surface area contributed by atoms with Gasteiger partial charge in [0.15, 0.2) is 10.8 Å². The molecule has 1 aliphatic carbocycles. The van der Waals surface area contributed by atoms with Gasteiger partial charge in [-0.1, -0.05) is 142 Å². The van der Waals surface area contributed by atoms with Crippen LogP contribution in [-0.4, -0.2) is 58.2 Å². The maximum absolute atomic E-state index is 13.7. The van der Waals surface area contributed by atoms with Gasteiger partial charge in [-0.2, -0.15) is 9.97 Å². The van der Waals surface area contributed by atoms with Crippen molar-refractivity contribution >= 4 is 59.5 Å². The number of hydrogen-bond donors (Lipinski definition) is 1. The first kappa shape index (κ1) is 40.6. The number of esters is 1. The van der Waals surface area contributed by atoms with Crippen LogP contribution in [0.3, 0.4) is 0 Å². The summed E-state index contributed by atoms with van der Waals surface area (Å²) in [4.78, 5) is 39.9. The van der Waals surface area contributed by atoms with Crippen LogP contribution in [0.2, 0.25) is 10.2 Å². The Morgan fingerprint density at radius 1 is 0.828 bits per heavy atom. The molecule has 4 aromatic carbocycles. The Morgan fingerprint density at radius 3 is 1.97 bits per heavy atom. The highest BCUT2D eigenvalue weighted by Gasteiger charge is 2.54. The van der Waals surface area contributed by atoms with E-state index in [1.807, 2.05) is 59.2 Å². The summed E-state index contributed by atoms with van der Waals surface area (Å²) in [5.41, 5.74) is 3.33. The Labute approximate surface area is 345 Å². The summed E-state index contributed by atoms with van der Waals surface area (Å²) in [6, 6.07) is 37.9. The fourth-order valence-electron chi connectivity index (χ4n) is 7.82. The van der Waals surface area contributed by atoms with Gasteiger partial charge >= 0.3 is 12.1 Å². The lowest BCUT2D eigenvalue weighted by Gasteiger charge is -2.45. The third-order valence-electron chi connectivity index (χ3n) is 10.5. The van der Waals surface area contributed by atoms with Crippen molar-refractivity contribution in [1.29, 1.82) is 0 Å². The lowest BCUT2D eigenvalue weighted by atomic mass is 10.0. The second kappa shape index (κ2) is 16.3. The number of halogens is 1. The highest BCUT2D eigenvalue weighted by Crippen LogP contribution is 2.46. The summed E-state index contributed by atoms with van der Waals surface area (Å²) in [6.07, 6.45) is 0.973. The Balaban J connectivity index is 1.26. The van der Waals surface area contributed by atoms with Crippen LogP contribution in [0, 0.1) is 5.92 Å². The molecule has 0 aliphatic heterocycles. The van der Waals surface area contributed by atoms with Crippen LogP contribution in [0.15, 0.2) is 134 Å². The van der Waals surface area contributed by atoms with Crippen LogP contribution in [-0.2, 0) is 13.9 Å². The third-order valence-corrected chi connectivity index (χ3v) is 15.8. The standard InChI is InChI=1S/C46H48ClN5O5Si/c1-30-36(28-55-42(53)33-25-23-32(24-26-33)31-17-11-8-12-18-31)38(57-58(46(5,6)7,34-19-13-9-14-20-34)35-21-15-10-16-22-35)27-37(30)52-29-48-39-40(47)49-43(50-41(39)52)51-44(54)56-45(2,3)4/h8-26,29,36-38H,1,27-28H2,2-7H3,(H,49,50,51,54). The van der Waals surface area contributed by atoms with E-state index in [-0.39, 0.29) is 28.8 Å². The van der Waals surface area contributed by atoms with E-state index in [1.165, 1.54) is 0 Å². The lowest BCUT2D eigenvalue weighted by Crippen LogP contribution is -2.68. The van der Waals surface area contributed by atoms with Crippen molar-refractivity contribution < 1.29 is 23.5 Å². The first-order valence-corrected chi connectivity index (χ1v) is 21.6. The third kappa shape index (κ3) is 8.34. The van der Waals surface area contributed by atoms with E-state index in [0.29, 0.717) is 23.1 Å². The number of hydrogen-bond acceptors (Lipinski definition) is 8. The van der Waals surface area contributed by atoms with E-state index in [0.717, 1.165) is 27.1 Å². The van der Waals surface area contributed by atoms with Crippen molar-refractivity contribution in [3.05, 3.63) is 144 Å². The van der Waals surface area contributed by atoms with E-state index in [1.54, 1.807) is 39.2 Å². The van der Waals surface area contributed by atoms with E-state index in [9.17, 15) is 9.59 Å². The van der Waals surface area contributed by atoms with Gasteiger partial charge in [0.25, 0.3) is 8.32 Å². The first-order chi connectivity index (χ1) is 27.6. The van der Waals surface area contributed by atoms with E-state index in [2.05, 4.69) is 96.1 Å². The minimum Gasteiger partial charge on any atom is -0.461 e. The summed E-state index contributed by atoms with van der Waals surface area (Å²) in [6.45, 7) is 16.7. The van der Waals surface area contributed by atoms with Crippen LogP contribution in [0.5, 0.6) is 0 Å². The van der Waals surface area contributed by atoms with Gasteiger partial charge in [-0.05, 0) is 71.4 Å². The molecule has 3 atom stereocenters. The molecule has 0 bridgehead atoms. The van der Waals surface area contributed by atoms with Gasteiger partial charge < -0.3 is 18.5 Å². The summed E-state index contributed by atoms with van der Waals surface area (Å²) < 4.78 is 21.2. The molecule has 7 rings (SSSR count). The fraction of sp³-hybridized carbons (Fsp3) is 0.283. The van der Waals surface area contributed by atoms with Crippen LogP contribution >= 0.6 is 11.6 Å². The monoisotopic (exact) mass is 813 g/mol. The molecular weight excluding hydrogens is 766 g/mol. The van der Waals surface area contributed by atoms with Gasteiger partial charge in [0.1, 0.15) is 17.7 Å². The molecule has 0 radical (unpaired) electrons. The van der Waals surface area contributed by atoms with Crippen molar-refractivity contribution in [2.45, 2.75) is 70.7 Å². The second-order valence-electron chi connectivity index (χ2n) is 16.6. The number of carbonyl (C=O) groups excluding carboxylic acids is 2. The van der Waals surface area contributed by atoms with Gasteiger partial charge in [-0.15, -0.1) is 0 Å². The van der Waals surface area contributed by atoms with Crippen molar-refractivity contribution in [2.24, 2.45) is 5.92 Å². The Hall–Kier alpha value is -5.62. The maximum atomic E-state index is 13.7. The zero-order valence-corrected chi connectivity index (χ0v) is 35.4. The van der Waals surface area contributed by atoms with Gasteiger partial charge in [0.05, 0.1) is 24.0 Å². The summed E-state index contributed by atoms with van der Waals surface area (Å²) in [5.74, 6) is -0.875. The number of imidazole rings is 1. The number of benzene rings is 4. The number of fused-ring (bicyclic) bond motifs is 1. The van der Waals surface area contributed by atoms with Crippen molar-refractivity contribution in [3.63, 3.8) is 0 Å². The summed E-state index contributed by atoms with van der Waals surface area (Å²) >= 11 is 6.63. The van der Waals surface area contributed by atoms with Crippen LogP contribution in [0.1, 0.15) is 64.4 Å². The number of rotatable bonds is 10. The van der Waals surface area contributed by atoms with Crippen molar-refractivity contribution in [1.82, 2.24) is 19.5 Å². The van der Waals surface area contributed by atoms with E-state index < -0.39 is 38.0 Å². The number of anilines is 1. The first-order valence-electron chi connectivity index (χ1n) is 19.3. The van der Waals surface area contributed by atoms with Gasteiger partial charge in [0, 0.05) is 5.92 Å². The van der Waals surface area contributed by atoms with Gasteiger partial charge in [-0.25, -0.2) is 14.6 Å². The van der Waals surface area contributed by atoms with Gasteiger partial charge in [0.2, 0.25) is 5.95 Å². The smallest absolute Gasteiger partial charge is 0.414 e. The van der Waals surface area contributed by atoms with E-state index in [4.69, 9.17) is 25.5 Å². The summed E-state index contributed by atoms with van der Waals surface area (Å²) in [7, 11) is -3.08. The highest BCUT2D eigenvalue weighted by atomic mass is 35.5. The molecule has 3 unspecified atom stereocenters. The zero-order valence-electron chi connectivity index (χ0n) is 33.6. The molecule has 1 aliphatic rings. The highest BCUT2D eigenvalue weighted by molar-refractivity contribution is 6.99. The number of nitrogens with one attached hydrogen (secondary N) is 1. The molecule has 2 heterocycles. The molecule has 58 heavy (non-hydrogen) atoms. The lowest BCUT2D eigenvalue weighted by molar-refractivity contribution is 0.0365. The number of nitrogens with zero attached hydrogens (tertiary/aromatic N) is 4. The molecule has 0 spiro atoms. The SMILES string of the molecule is C=C1C(COC(=O)c2ccc(-c3ccccc3)cc2)C(O[Si](c2ccccc2)(c2ccccc2)C(C)(C)C)CC1n1cnc2c(Cl)nc(NC(=O)OC(C)(C)C)nc21. The predicted molar refractivity (Wildman–Crippen MR) is 231 cm³/mol. The zero-order chi connectivity index (χ0) is 41.2. The molecule has 12 heteroatoms. The number of carbonyl (C=O) groups is 2. The molecule has 2 aromatic heterocycles. The molecule has 10 nitrogen and oxygen atoms in total. The van der Waals surface area contributed by atoms with Gasteiger partial charge in [-0.3, -0.25) is 5.32 Å². The summed E-state index contributed by atoms with van der Waals surface area (Å²) in [5, 5.41) is 4.61. The average Bonchev–Trinajstić information content (AvgIpc) is 3.75. The molecule has 0 saturated heterocycles. The quantitative estimate of drug-likeness (QED) is 0.0630. The number of aromatic nitrogens is 4. The molecular formula is C46H48ClN5O5Si. The average molecular weight is 814 g/mol. The van der Waals surface area contributed by atoms with Crippen molar-refractivity contribution in [2.75, 3.05) is 11.9 Å². The molecule has 1 fully saturated rings. The number of amides is 1. The molecule has 1 amide bonds. The minimum atomic E-state index is -3.08. The largest absolute Gasteiger partial charge is 0.461 e. The normalized spacial score (nSPS) is 17.3. The fourth-order valence-corrected chi connectivity index (χ4v) is 12.8. The van der Waals surface area contributed by atoms with Crippen LogP contribution < -0.4 is 15.7 Å². The Morgan fingerprint density at radius 2 is 1.40 bits per heavy atom. The van der Waals surface area contributed by atoms with Crippen LogP contribution in [0.4, 0.5) is 10.7 Å². The molecule has 1 saturated carbocycles. The van der Waals surface area contributed by atoms with Crippen molar-refractivity contribution in [3.8, 4) is 11.1 Å². The Kier molecular flexibility index (Phi) is 11.4. The van der Waals surface area contributed by atoms with E-state index >= 15 is 0 Å². The second-order valence-corrected chi connectivity index (χ2v) is 21.2. The number of ether oxygens (including phenoxy) is 2. The molecule has 1 N–H and O–H groups in total. The van der Waals surface area contributed by atoms with Crippen LogP contribution in [0.25, 0.3) is 22.3 Å². The Bertz CT molecular complexity index is 2370.